The molecule has 0 bridgehead atoms. The van der Waals surface area contributed by atoms with E-state index in [-0.39, 0.29) is 27.0 Å². The van der Waals surface area contributed by atoms with Crippen molar-refractivity contribution in [3.63, 3.8) is 0 Å². The van der Waals surface area contributed by atoms with E-state index in [0.29, 0.717) is 12.3 Å². The van der Waals surface area contributed by atoms with E-state index in [1.54, 1.807) is 35.3 Å². The number of hydrogen-bond donors (Lipinski definition) is 2. The van der Waals surface area contributed by atoms with E-state index >= 15 is 0 Å². The number of nitrogens with zero attached hydrogens (tertiary/aromatic N) is 2. The number of aromatic nitrogens is 2. The number of carbonyl (C=O) groups excluding carboxylic acids is 1. The lowest BCUT2D eigenvalue weighted by Gasteiger charge is -2.17. The van der Waals surface area contributed by atoms with E-state index < -0.39 is 15.8 Å². The fraction of sp³-hybridized carbons (Fsp3) is 0.200. The van der Waals surface area contributed by atoms with E-state index in [2.05, 4.69) is 9.82 Å². The Labute approximate surface area is 185 Å². The summed E-state index contributed by atoms with van der Waals surface area (Å²) in [6.45, 7) is 0.449. The Bertz CT molecular complexity index is 1200. The van der Waals surface area contributed by atoms with Gasteiger partial charge in [0.05, 0.1) is 32.9 Å². The molecule has 1 aromatic heterocycles. The van der Waals surface area contributed by atoms with Gasteiger partial charge in [0.15, 0.2) is 20.6 Å². The van der Waals surface area contributed by atoms with Crippen LogP contribution in [0.5, 0.6) is 17.2 Å². The molecule has 9 nitrogen and oxygen atoms in total. The van der Waals surface area contributed by atoms with Crippen LogP contribution < -0.4 is 18.9 Å². The van der Waals surface area contributed by atoms with Gasteiger partial charge in [0, 0.05) is 23.5 Å². The minimum absolute atomic E-state index is 0.00605. The van der Waals surface area contributed by atoms with Gasteiger partial charge in [-0.1, -0.05) is 17.7 Å². The van der Waals surface area contributed by atoms with Gasteiger partial charge in [-0.3, -0.25) is 14.2 Å². The maximum absolute atomic E-state index is 13.2. The molecule has 0 spiro atoms. The first-order valence-corrected chi connectivity index (χ1v) is 10.9. The monoisotopic (exact) mass is 464 g/mol. The second kappa shape index (κ2) is 9.27. The molecule has 11 heteroatoms. The van der Waals surface area contributed by atoms with Crippen LogP contribution in [0.15, 0.2) is 53.7 Å². The summed E-state index contributed by atoms with van der Waals surface area (Å²) in [7, 11) is 0.288. The number of amides is 1. The van der Waals surface area contributed by atoms with Crippen molar-refractivity contribution in [1.82, 2.24) is 14.5 Å². The Morgan fingerprint density at radius 3 is 2.52 bits per heavy atom. The number of carbonyl (C=O) groups is 1. The van der Waals surface area contributed by atoms with Crippen LogP contribution in [0.4, 0.5) is 0 Å². The first-order chi connectivity index (χ1) is 14.8. The number of hydrogen-bond acceptors (Lipinski definition) is 7. The van der Waals surface area contributed by atoms with Gasteiger partial charge in [0.2, 0.25) is 0 Å². The Morgan fingerprint density at radius 2 is 1.90 bits per heavy atom. The molecule has 164 valence electrons. The van der Waals surface area contributed by atoms with E-state index in [4.69, 9.17) is 30.6 Å². The minimum Gasteiger partial charge on any atom is -0.496 e. The average molecular weight is 465 g/mol. The second-order valence-electron chi connectivity index (χ2n) is 6.33. The van der Waals surface area contributed by atoms with Gasteiger partial charge >= 0.3 is 0 Å². The number of halogens is 1. The third-order valence-corrected chi connectivity index (χ3v) is 6.15. The predicted molar refractivity (Wildman–Crippen MR) is 115 cm³/mol. The van der Waals surface area contributed by atoms with Crippen molar-refractivity contribution in [3.8, 4) is 17.2 Å². The zero-order chi connectivity index (χ0) is 22.6. The van der Waals surface area contributed by atoms with Gasteiger partial charge in [-0.05, 0) is 30.3 Å². The van der Waals surface area contributed by atoms with Gasteiger partial charge in [-0.25, -0.2) is 8.99 Å². The maximum Gasteiger partial charge on any atom is 0.263 e. The summed E-state index contributed by atoms with van der Waals surface area (Å²) >= 11 is 6.11. The SMILES string of the molecule is COc1cc(C(=O)N[S@](=N)(=O)c2c(OC)ccc(Cl)c2OC)ccc1Cn1cccn1. The summed E-state index contributed by atoms with van der Waals surface area (Å²) in [4.78, 5) is 12.7. The quantitative estimate of drug-likeness (QED) is 0.528. The van der Waals surface area contributed by atoms with Crippen molar-refractivity contribution in [2.45, 2.75) is 11.4 Å². The van der Waals surface area contributed by atoms with Crippen molar-refractivity contribution in [2.75, 3.05) is 21.3 Å². The number of methoxy groups -OCH3 is 3. The molecule has 0 unspecified atom stereocenters. The van der Waals surface area contributed by atoms with Crippen molar-refractivity contribution in [2.24, 2.45) is 0 Å². The lowest BCUT2D eigenvalue weighted by atomic mass is 10.1. The summed E-state index contributed by atoms with van der Waals surface area (Å²) in [5.41, 5.74) is 0.966. The molecule has 0 fully saturated rings. The van der Waals surface area contributed by atoms with Crippen molar-refractivity contribution < 1.29 is 23.2 Å². The topological polar surface area (TPSA) is 116 Å². The molecule has 1 atom stereocenters. The molecule has 31 heavy (non-hydrogen) atoms. The maximum atomic E-state index is 13.2. The Hall–Kier alpha value is -3.24. The van der Waals surface area contributed by atoms with Gasteiger partial charge in [0.1, 0.15) is 11.5 Å². The normalized spacial score (nSPS) is 12.6. The van der Waals surface area contributed by atoms with Crippen molar-refractivity contribution in [3.05, 3.63) is 64.9 Å². The van der Waals surface area contributed by atoms with Gasteiger partial charge in [-0.2, -0.15) is 5.10 Å². The number of benzene rings is 2. The number of ether oxygens (including phenoxy) is 3. The fourth-order valence-corrected chi connectivity index (χ4v) is 4.63. The van der Waals surface area contributed by atoms with Crippen LogP contribution in [-0.4, -0.2) is 41.2 Å². The molecular formula is C20H21ClN4O5S. The highest BCUT2D eigenvalue weighted by Crippen LogP contribution is 2.39. The Kier molecular flexibility index (Phi) is 6.71. The van der Waals surface area contributed by atoms with E-state index in [9.17, 15) is 9.00 Å². The molecule has 2 aromatic carbocycles. The highest BCUT2D eigenvalue weighted by atomic mass is 35.5. The number of nitrogens with one attached hydrogen (secondary N) is 2. The zero-order valence-corrected chi connectivity index (χ0v) is 18.6. The van der Waals surface area contributed by atoms with Gasteiger partial charge < -0.3 is 14.2 Å². The smallest absolute Gasteiger partial charge is 0.263 e. The second-order valence-corrected chi connectivity index (χ2v) is 8.46. The lowest BCUT2D eigenvalue weighted by Crippen LogP contribution is -2.30. The zero-order valence-electron chi connectivity index (χ0n) is 17.0. The minimum atomic E-state index is -3.88. The third-order valence-electron chi connectivity index (χ3n) is 4.42. The largest absolute Gasteiger partial charge is 0.496 e. The summed E-state index contributed by atoms with van der Waals surface area (Å²) < 4.78 is 41.3. The number of rotatable bonds is 8. The lowest BCUT2D eigenvalue weighted by molar-refractivity contribution is 0.0982. The molecule has 3 rings (SSSR count). The molecule has 0 aliphatic carbocycles. The molecule has 1 heterocycles. The van der Waals surface area contributed by atoms with Crippen LogP contribution in [0.3, 0.4) is 0 Å². The first kappa shape index (κ1) is 22.4. The summed E-state index contributed by atoms with van der Waals surface area (Å²) in [5.74, 6) is -0.173. The van der Waals surface area contributed by atoms with Crippen LogP contribution in [0.25, 0.3) is 0 Å². The van der Waals surface area contributed by atoms with Crippen molar-refractivity contribution in [1.29, 1.82) is 4.78 Å². The van der Waals surface area contributed by atoms with Gasteiger partial charge in [-0.15, -0.1) is 0 Å². The highest BCUT2D eigenvalue weighted by molar-refractivity contribution is 7.91. The third kappa shape index (κ3) is 4.75. The molecule has 3 aromatic rings. The predicted octanol–water partition coefficient (Wildman–Crippen LogP) is 3.36. The summed E-state index contributed by atoms with van der Waals surface area (Å²) in [6, 6.07) is 9.52. The first-order valence-electron chi connectivity index (χ1n) is 8.96. The standard InChI is InChI=1S/C20H21ClN4O5S/c1-28-16-8-7-15(21)18(30-3)19(16)31(22,27)24-20(26)13-5-6-14(17(11-13)29-2)12-25-10-4-9-23-25/h4-11H,12H2,1-3H3,(H2,22,24,26,27)/t31-/m0/s1. The molecule has 0 aliphatic heterocycles. The highest BCUT2D eigenvalue weighted by Gasteiger charge is 2.26. The van der Waals surface area contributed by atoms with Crippen molar-refractivity contribution >= 4 is 27.4 Å². The van der Waals surface area contributed by atoms with E-state index in [1.807, 2.05) is 0 Å². The molecule has 0 aliphatic rings. The Morgan fingerprint density at radius 1 is 1.16 bits per heavy atom. The van der Waals surface area contributed by atoms with E-state index in [1.165, 1.54) is 39.5 Å². The molecular weight excluding hydrogens is 444 g/mol. The summed E-state index contributed by atoms with van der Waals surface area (Å²) in [5, 5.41) is 4.29. The van der Waals surface area contributed by atoms with Crippen LogP contribution in [0, 0.1) is 4.78 Å². The fourth-order valence-electron chi connectivity index (χ4n) is 2.97. The van der Waals surface area contributed by atoms with Crippen LogP contribution in [-0.2, 0) is 16.5 Å². The van der Waals surface area contributed by atoms with Crippen LogP contribution in [0.1, 0.15) is 15.9 Å². The summed E-state index contributed by atoms with van der Waals surface area (Å²) in [6.07, 6.45) is 3.47. The molecule has 1 amide bonds. The van der Waals surface area contributed by atoms with E-state index in [0.717, 1.165) is 5.56 Å². The molecule has 0 saturated carbocycles. The molecule has 2 N–H and O–H groups in total. The van der Waals surface area contributed by atoms with Crippen LogP contribution in [0.2, 0.25) is 5.02 Å². The molecule has 0 radical (unpaired) electrons. The van der Waals surface area contributed by atoms with Gasteiger partial charge in [0.25, 0.3) is 5.91 Å². The molecule has 0 saturated heterocycles. The van der Waals surface area contributed by atoms with Crippen LogP contribution >= 0.6 is 11.6 Å². The average Bonchev–Trinajstić information content (AvgIpc) is 3.26. The Balaban J connectivity index is 1.92.